The number of carbonyl (C=O) groups excluding carboxylic acids is 1. The van der Waals surface area contributed by atoms with Crippen LogP contribution in [0.4, 0.5) is 11.4 Å². The van der Waals surface area contributed by atoms with Gasteiger partial charge in [-0.2, -0.15) is 0 Å². The molecule has 1 aromatic rings. The van der Waals surface area contributed by atoms with Gasteiger partial charge in [-0.1, -0.05) is 23.2 Å². The maximum absolute atomic E-state index is 11.9. The van der Waals surface area contributed by atoms with Gasteiger partial charge in [0.2, 0.25) is 5.91 Å². The van der Waals surface area contributed by atoms with Crippen molar-refractivity contribution in [1.82, 2.24) is 4.90 Å². The van der Waals surface area contributed by atoms with E-state index in [1.54, 1.807) is 6.07 Å². The zero-order valence-corrected chi connectivity index (χ0v) is 12.0. The number of amides is 1. The molecule has 3 N–H and O–H groups in total. The molecule has 0 spiro atoms. The van der Waals surface area contributed by atoms with Gasteiger partial charge in [0, 0.05) is 0 Å². The number of nitrogen functional groups attached to an aromatic ring is 1. The second kappa shape index (κ2) is 6.46. The van der Waals surface area contributed by atoms with Crippen LogP contribution >= 0.6 is 23.2 Å². The predicted octanol–water partition coefficient (Wildman–Crippen LogP) is 2.81. The van der Waals surface area contributed by atoms with E-state index < -0.39 is 0 Å². The fraction of sp³-hybridized carbons (Fsp3) is 0.385. The van der Waals surface area contributed by atoms with Crippen molar-refractivity contribution in [3.63, 3.8) is 0 Å². The van der Waals surface area contributed by atoms with Crippen LogP contribution in [0.25, 0.3) is 0 Å². The van der Waals surface area contributed by atoms with Gasteiger partial charge in [0.1, 0.15) is 0 Å². The van der Waals surface area contributed by atoms with Crippen LogP contribution < -0.4 is 11.1 Å². The second-order valence-corrected chi connectivity index (χ2v) is 5.36. The van der Waals surface area contributed by atoms with Gasteiger partial charge in [-0.3, -0.25) is 9.69 Å². The van der Waals surface area contributed by atoms with E-state index in [4.69, 9.17) is 28.9 Å². The maximum atomic E-state index is 11.9. The van der Waals surface area contributed by atoms with Crippen molar-refractivity contribution in [2.45, 2.75) is 12.8 Å². The molecule has 19 heavy (non-hydrogen) atoms. The molecule has 1 fully saturated rings. The first-order valence-corrected chi connectivity index (χ1v) is 6.90. The third-order valence-corrected chi connectivity index (χ3v) is 3.67. The lowest BCUT2D eigenvalue weighted by atomic mass is 10.1. The van der Waals surface area contributed by atoms with Gasteiger partial charge < -0.3 is 11.1 Å². The molecule has 0 aromatic heterocycles. The summed E-state index contributed by atoms with van der Waals surface area (Å²) in [6, 6.07) is 3.11. The van der Waals surface area contributed by atoms with Gasteiger partial charge in [0.05, 0.1) is 28.0 Å². The number of nitrogens with two attached hydrogens (primary N) is 1. The summed E-state index contributed by atoms with van der Waals surface area (Å²) in [5.74, 6) is -0.0929. The van der Waals surface area contributed by atoms with Gasteiger partial charge in [0.25, 0.3) is 0 Å². The van der Waals surface area contributed by atoms with Crippen molar-refractivity contribution in [2.24, 2.45) is 0 Å². The average Bonchev–Trinajstić information content (AvgIpc) is 2.37. The number of piperidine rings is 1. The predicted molar refractivity (Wildman–Crippen MR) is 79.5 cm³/mol. The molecule has 4 nitrogen and oxygen atoms in total. The molecule has 1 aliphatic rings. The molecule has 0 unspecified atom stereocenters. The van der Waals surface area contributed by atoms with Crippen LogP contribution in [-0.4, -0.2) is 30.4 Å². The topological polar surface area (TPSA) is 58.4 Å². The molecule has 1 amide bonds. The Bertz CT molecular complexity index is 473. The molecule has 0 saturated carbocycles. The minimum absolute atomic E-state index is 0.0929. The van der Waals surface area contributed by atoms with Crippen molar-refractivity contribution in [3.05, 3.63) is 28.6 Å². The number of halogens is 2. The summed E-state index contributed by atoms with van der Waals surface area (Å²) in [5.41, 5.74) is 6.52. The number of nitrogens with zero attached hydrogens (tertiary/aromatic N) is 1. The highest BCUT2D eigenvalue weighted by Gasteiger charge is 2.15. The summed E-state index contributed by atoms with van der Waals surface area (Å²) >= 11 is 11.9. The smallest absolute Gasteiger partial charge is 0.238 e. The number of benzene rings is 1. The Morgan fingerprint density at radius 1 is 1.26 bits per heavy atom. The summed E-state index contributed by atoms with van der Waals surface area (Å²) < 4.78 is 0. The zero-order chi connectivity index (χ0) is 13.8. The summed E-state index contributed by atoms with van der Waals surface area (Å²) in [6.45, 7) is 2.21. The van der Waals surface area contributed by atoms with Crippen LogP contribution in [0.2, 0.25) is 10.0 Å². The molecular formula is C13H16Cl2N3O. The van der Waals surface area contributed by atoms with Crippen LogP contribution in [0, 0.1) is 6.42 Å². The SMILES string of the molecule is Nc1cc(Cl)c(NC(=O)CN2CC[CH]CC2)cc1Cl. The third-order valence-electron chi connectivity index (χ3n) is 3.03. The fourth-order valence-electron chi connectivity index (χ4n) is 2.01. The molecule has 0 bridgehead atoms. The van der Waals surface area contributed by atoms with Gasteiger partial charge in [0.15, 0.2) is 0 Å². The van der Waals surface area contributed by atoms with Gasteiger partial charge in [-0.25, -0.2) is 0 Å². The molecule has 1 heterocycles. The van der Waals surface area contributed by atoms with Crippen LogP contribution in [-0.2, 0) is 4.79 Å². The van der Waals surface area contributed by atoms with Crippen LogP contribution in [0.3, 0.4) is 0 Å². The van der Waals surface area contributed by atoms with Crippen LogP contribution in [0.5, 0.6) is 0 Å². The highest BCUT2D eigenvalue weighted by Crippen LogP contribution is 2.30. The minimum atomic E-state index is -0.0929. The van der Waals surface area contributed by atoms with E-state index in [9.17, 15) is 4.79 Å². The first-order valence-electron chi connectivity index (χ1n) is 6.14. The molecule has 1 saturated heterocycles. The van der Waals surface area contributed by atoms with E-state index in [1.165, 1.54) is 6.07 Å². The van der Waals surface area contributed by atoms with Gasteiger partial charge in [-0.15, -0.1) is 0 Å². The van der Waals surface area contributed by atoms with Crippen molar-refractivity contribution in [1.29, 1.82) is 0 Å². The largest absolute Gasteiger partial charge is 0.397 e. The van der Waals surface area contributed by atoms with Crippen molar-refractivity contribution in [2.75, 3.05) is 30.7 Å². The average molecular weight is 301 g/mol. The number of carbonyl (C=O) groups is 1. The minimum Gasteiger partial charge on any atom is -0.397 e. The quantitative estimate of drug-likeness (QED) is 0.844. The summed E-state index contributed by atoms with van der Waals surface area (Å²) in [7, 11) is 0. The molecule has 6 heteroatoms. The number of hydrogen-bond acceptors (Lipinski definition) is 3. The summed E-state index contributed by atoms with van der Waals surface area (Å²) in [5, 5.41) is 3.54. The van der Waals surface area contributed by atoms with E-state index in [1.807, 2.05) is 0 Å². The molecule has 103 valence electrons. The van der Waals surface area contributed by atoms with E-state index in [2.05, 4.69) is 16.6 Å². The van der Waals surface area contributed by atoms with Crippen molar-refractivity contribution < 1.29 is 4.79 Å². The fourth-order valence-corrected chi connectivity index (χ4v) is 2.40. The Labute approximate surface area is 122 Å². The summed E-state index contributed by atoms with van der Waals surface area (Å²) in [4.78, 5) is 14.0. The lowest BCUT2D eigenvalue weighted by Crippen LogP contribution is -2.37. The number of rotatable bonds is 3. The van der Waals surface area contributed by atoms with Crippen molar-refractivity contribution in [3.8, 4) is 0 Å². The Morgan fingerprint density at radius 2 is 1.95 bits per heavy atom. The lowest BCUT2D eigenvalue weighted by Gasteiger charge is -2.25. The monoisotopic (exact) mass is 300 g/mol. The molecule has 2 rings (SSSR count). The van der Waals surface area contributed by atoms with Gasteiger partial charge in [-0.05, 0) is 44.5 Å². The first-order chi connectivity index (χ1) is 9.06. The highest BCUT2D eigenvalue weighted by atomic mass is 35.5. The number of anilines is 2. The lowest BCUT2D eigenvalue weighted by molar-refractivity contribution is -0.117. The molecule has 0 atom stereocenters. The van der Waals surface area contributed by atoms with Crippen LogP contribution in [0.1, 0.15) is 12.8 Å². The number of hydrogen-bond donors (Lipinski definition) is 2. The standard InChI is InChI=1S/C13H16Cl2N3O/c14-9-7-12(10(15)6-11(9)16)17-13(19)8-18-4-2-1-3-5-18/h1,6-7H,2-5,8,16H2,(H,17,19). The number of nitrogens with one attached hydrogen (secondary N) is 1. The molecule has 0 aliphatic carbocycles. The molecule has 1 aliphatic heterocycles. The van der Waals surface area contributed by atoms with E-state index in [-0.39, 0.29) is 5.91 Å². The Hall–Kier alpha value is -0.970. The second-order valence-electron chi connectivity index (χ2n) is 4.54. The normalized spacial score (nSPS) is 16.3. The molecule has 1 aromatic carbocycles. The van der Waals surface area contributed by atoms with Gasteiger partial charge >= 0.3 is 0 Å². The van der Waals surface area contributed by atoms with E-state index in [0.29, 0.717) is 28.0 Å². The molecule has 1 radical (unpaired) electrons. The Morgan fingerprint density at radius 3 is 2.63 bits per heavy atom. The third kappa shape index (κ3) is 4.00. The highest BCUT2D eigenvalue weighted by molar-refractivity contribution is 6.37. The zero-order valence-electron chi connectivity index (χ0n) is 10.5. The summed E-state index contributed by atoms with van der Waals surface area (Å²) in [6.07, 6.45) is 4.30. The molecular weight excluding hydrogens is 285 g/mol. The van der Waals surface area contributed by atoms with Crippen LogP contribution in [0.15, 0.2) is 12.1 Å². The van der Waals surface area contributed by atoms with E-state index in [0.717, 1.165) is 25.9 Å². The van der Waals surface area contributed by atoms with Crippen molar-refractivity contribution >= 4 is 40.5 Å². The maximum Gasteiger partial charge on any atom is 0.238 e. The Kier molecular flexibility index (Phi) is 4.91. The first kappa shape index (κ1) is 14.4. The number of likely N-dealkylation sites (tertiary alicyclic amines) is 1. The van der Waals surface area contributed by atoms with E-state index >= 15 is 0 Å². The Balaban J connectivity index is 1.96.